The number of nitrogens with two attached hydrogens (primary N) is 1. The van der Waals surface area contributed by atoms with E-state index < -0.39 is 40.7 Å². The van der Waals surface area contributed by atoms with E-state index in [4.69, 9.17) is 5.73 Å². The Labute approximate surface area is 202 Å². The third-order valence-electron chi connectivity index (χ3n) is 6.43. The summed E-state index contributed by atoms with van der Waals surface area (Å²) in [5.41, 5.74) is 2.49. The summed E-state index contributed by atoms with van der Waals surface area (Å²) in [6.45, 7) is 1.47. The molecule has 5 aromatic rings. The van der Waals surface area contributed by atoms with Gasteiger partial charge in [0.25, 0.3) is 0 Å². The van der Waals surface area contributed by atoms with Crippen molar-refractivity contribution in [3.63, 3.8) is 0 Å². The molecule has 0 aliphatic carbocycles. The second-order valence-electron chi connectivity index (χ2n) is 8.56. The highest BCUT2D eigenvalue weighted by molar-refractivity contribution is 5.89. The fraction of sp³-hybridized carbons (Fsp3) is 0.154. The molecule has 184 valence electrons. The number of halogens is 4. The van der Waals surface area contributed by atoms with E-state index >= 15 is 0 Å². The Balaban J connectivity index is 1.72. The highest BCUT2D eigenvalue weighted by atomic mass is 19.4. The van der Waals surface area contributed by atoms with E-state index in [0.717, 1.165) is 6.20 Å². The third kappa shape index (κ3) is 3.53. The van der Waals surface area contributed by atoms with Crippen molar-refractivity contribution in [2.24, 2.45) is 5.73 Å². The smallest absolute Gasteiger partial charge is 0.372 e. The van der Waals surface area contributed by atoms with Crippen LogP contribution in [0, 0.1) is 5.82 Å². The van der Waals surface area contributed by atoms with Crippen molar-refractivity contribution in [1.29, 1.82) is 0 Å². The van der Waals surface area contributed by atoms with E-state index in [0.29, 0.717) is 22.1 Å². The normalized spacial score (nSPS) is 14.7. The summed E-state index contributed by atoms with van der Waals surface area (Å²) in [7, 11) is 0. The zero-order chi connectivity index (χ0) is 25.8. The van der Waals surface area contributed by atoms with Crippen LogP contribution in [0.15, 0.2) is 79.1 Å². The largest absolute Gasteiger partial charge is 0.425 e. The Bertz CT molecular complexity index is 1600. The summed E-state index contributed by atoms with van der Waals surface area (Å²) in [6, 6.07) is 14.6. The van der Waals surface area contributed by atoms with Gasteiger partial charge in [0, 0.05) is 28.0 Å². The summed E-state index contributed by atoms with van der Waals surface area (Å²) in [6.07, 6.45) is -2.62. The standard InChI is InChI=1S/C26H20F4N4O2/c1-15(24(31)35)33-14-21(20-4-2-3-5-23(20)33)25(36,26(28,29)30)17-6-11-22-16(12-17)13-32-34(22)19-9-7-18(27)8-10-19/h2-15,36H,1H3,(H2,31,35). The molecule has 3 N–H and O–H groups in total. The number of carbonyl (C=O) groups is 1. The Hall–Kier alpha value is -4.18. The number of nitrogens with zero attached hydrogens (tertiary/aromatic N) is 3. The van der Waals surface area contributed by atoms with Gasteiger partial charge in [-0.2, -0.15) is 18.3 Å². The molecule has 2 heterocycles. The zero-order valence-corrected chi connectivity index (χ0v) is 18.9. The fourth-order valence-corrected chi connectivity index (χ4v) is 4.47. The average molecular weight is 496 g/mol. The van der Waals surface area contributed by atoms with Crippen LogP contribution < -0.4 is 5.73 Å². The number of amides is 1. The van der Waals surface area contributed by atoms with Gasteiger partial charge in [-0.1, -0.05) is 24.3 Å². The predicted molar refractivity (Wildman–Crippen MR) is 126 cm³/mol. The topological polar surface area (TPSA) is 86.1 Å². The second-order valence-corrected chi connectivity index (χ2v) is 8.56. The summed E-state index contributed by atoms with van der Waals surface area (Å²) >= 11 is 0. The maximum Gasteiger partial charge on any atom is 0.425 e. The molecule has 2 unspecified atom stereocenters. The van der Waals surface area contributed by atoms with Crippen LogP contribution in [0.1, 0.15) is 24.1 Å². The van der Waals surface area contributed by atoms with E-state index in [1.54, 1.807) is 18.2 Å². The zero-order valence-electron chi connectivity index (χ0n) is 18.9. The van der Waals surface area contributed by atoms with Crippen molar-refractivity contribution in [2.45, 2.75) is 24.7 Å². The maximum atomic E-state index is 14.7. The number of benzene rings is 3. The Kier molecular flexibility index (Phi) is 5.36. The predicted octanol–water partition coefficient (Wildman–Crippen LogP) is 4.96. The number of carbonyl (C=O) groups excluding carboxylic acids is 1. The SMILES string of the molecule is CC(C(N)=O)n1cc(C(O)(c2ccc3c(cnn3-c3ccc(F)cc3)c2)C(F)(F)F)c2ccccc21. The minimum Gasteiger partial charge on any atom is -0.372 e. The summed E-state index contributed by atoms with van der Waals surface area (Å²) in [4.78, 5) is 11.8. The van der Waals surface area contributed by atoms with Gasteiger partial charge in [-0.05, 0) is 55.0 Å². The van der Waals surface area contributed by atoms with E-state index in [9.17, 15) is 27.5 Å². The first kappa shape index (κ1) is 23.6. The van der Waals surface area contributed by atoms with Crippen LogP contribution in [0.2, 0.25) is 0 Å². The fourth-order valence-electron chi connectivity index (χ4n) is 4.47. The number of aromatic nitrogens is 3. The first-order valence-corrected chi connectivity index (χ1v) is 10.9. The highest BCUT2D eigenvalue weighted by Gasteiger charge is 2.57. The van der Waals surface area contributed by atoms with E-state index in [1.807, 2.05) is 0 Å². The highest BCUT2D eigenvalue weighted by Crippen LogP contribution is 2.48. The molecule has 0 radical (unpaired) electrons. The van der Waals surface area contributed by atoms with Gasteiger partial charge in [0.05, 0.1) is 17.4 Å². The van der Waals surface area contributed by atoms with Gasteiger partial charge in [0.2, 0.25) is 11.5 Å². The molecule has 1 amide bonds. The monoisotopic (exact) mass is 496 g/mol. The third-order valence-corrected chi connectivity index (χ3v) is 6.43. The lowest BCUT2D eigenvalue weighted by atomic mass is 9.85. The summed E-state index contributed by atoms with van der Waals surface area (Å²) in [5, 5.41) is 16.1. The van der Waals surface area contributed by atoms with Crippen molar-refractivity contribution in [1.82, 2.24) is 14.3 Å². The molecule has 2 atom stereocenters. The maximum absolute atomic E-state index is 14.7. The number of rotatable bonds is 5. The molecule has 5 rings (SSSR count). The average Bonchev–Trinajstić information content (AvgIpc) is 3.44. The van der Waals surface area contributed by atoms with E-state index in [1.165, 1.54) is 70.9 Å². The van der Waals surface area contributed by atoms with Gasteiger partial charge in [0.1, 0.15) is 11.9 Å². The van der Waals surface area contributed by atoms with Gasteiger partial charge in [0.15, 0.2) is 0 Å². The number of fused-ring (bicyclic) bond motifs is 2. The minimum absolute atomic E-state index is 0.132. The molecular formula is C26H20F4N4O2. The number of hydrogen-bond acceptors (Lipinski definition) is 3. The van der Waals surface area contributed by atoms with Gasteiger partial charge in [-0.25, -0.2) is 9.07 Å². The Morgan fingerprint density at radius 1 is 1.03 bits per heavy atom. The van der Waals surface area contributed by atoms with Crippen molar-refractivity contribution >= 4 is 27.7 Å². The number of primary amides is 1. The van der Waals surface area contributed by atoms with Crippen LogP contribution in [0.3, 0.4) is 0 Å². The molecule has 0 aliphatic rings. The van der Waals surface area contributed by atoms with Gasteiger partial charge in [-0.15, -0.1) is 0 Å². The van der Waals surface area contributed by atoms with Crippen molar-refractivity contribution < 1.29 is 27.5 Å². The lowest BCUT2D eigenvalue weighted by molar-refractivity contribution is -0.247. The van der Waals surface area contributed by atoms with Gasteiger partial charge in [-0.3, -0.25) is 4.79 Å². The Morgan fingerprint density at radius 2 is 1.72 bits per heavy atom. The summed E-state index contributed by atoms with van der Waals surface area (Å²) < 4.78 is 60.1. The molecule has 0 bridgehead atoms. The molecule has 0 saturated heterocycles. The lowest BCUT2D eigenvalue weighted by Crippen LogP contribution is -2.43. The number of hydrogen-bond donors (Lipinski definition) is 2. The Morgan fingerprint density at radius 3 is 2.39 bits per heavy atom. The minimum atomic E-state index is -5.11. The van der Waals surface area contributed by atoms with Crippen molar-refractivity contribution in [3.8, 4) is 5.69 Å². The van der Waals surface area contributed by atoms with Crippen LogP contribution in [0.25, 0.3) is 27.5 Å². The summed E-state index contributed by atoms with van der Waals surface area (Å²) in [5.74, 6) is -1.16. The molecule has 3 aromatic carbocycles. The number of aliphatic hydroxyl groups is 1. The molecule has 0 spiro atoms. The number of para-hydroxylation sites is 1. The van der Waals surface area contributed by atoms with Crippen LogP contribution in [0.5, 0.6) is 0 Å². The van der Waals surface area contributed by atoms with E-state index in [2.05, 4.69) is 5.10 Å². The van der Waals surface area contributed by atoms with E-state index in [-0.39, 0.29) is 5.39 Å². The first-order chi connectivity index (χ1) is 17.0. The van der Waals surface area contributed by atoms with Gasteiger partial charge < -0.3 is 15.4 Å². The lowest BCUT2D eigenvalue weighted by Gasteiger charge is -2.31. The molecule has 36 heavy (non-hydrogen) atoms. The van der Waals surface area contributed by atoms with Crippen LogP contribution >= 0.6 is 0 Å². The van der Waals surface area contributed by atoms with Gasteiger partial charge >= 0.3 is 6.18 Å². The quantitative estimate of drug-likeness (QED) is 0.337. The van der Waals surface area contributed by atoms with Crippen LogP contribution in [-0.4, -0.2) is 31.5 Å². The van der Waals surface area contributed by atoms with Crippen molar-refractivity contribution in [3.05, 3.63) is 96.1 Å². The van der Waals surface area contributed by atoms with Crippen molar-refractivity contribution in [2.75, 3.05) is 0 Å². The first-order valence-electron chi connectivity index (χ1n) is 10.9. The number of alkyl halides is 3. The molecular weight excluding hydrogens is 476 g/mol. The molecule has 2 aromatic heterocycles. The molecule has 0 aliphatic heterocycles. The second kappa shape index (κ2) is 8.20. The van der Waals surface area contributed by atoms with Crippen LogP contribution in [-0.2, 0) is 10.4 Å². The molecule has 6 nitrogen and oxygen atoms in total. The molecule has 0 fully saturated rings. The molecule has 10 heteroatoms. The molecule has 0 saturated carbocycles. The van der Waals surface area contributed by atoms with Crippen LogP contribution in [0.4, 0.5) is 17.6 Å².